The van der Waals surface area contributed by atoms with E-state index in [1.54, 1.807) is 60.7 Å². The summed E-state index contributed by atoms with van der Waals surface area (Å²) in [6.45, 7) is 0.0103. The molecule has 2 atom stereocenters. The largest absolute Gasteiger partial charge is 0.480 e. The van der Waals surface area contributed by atoms with Gasteiger partial charge < -0.3 is 9.29 Å². The number of hydrogen-bond donors (Lipinski definition) is 2. The maximum atomic E-state index is 12.5. The van der Waals surface area contributed by atoms with E-state index in [1.165, 1.54) is 0 Å². The maximum Gasteiger partial charge on any atom is 0.328 e. The molecule has 126 valence electrons. The first-order chi connectivity index (χ1) is 11.4. The number of carboxylic acid groups (broad SMARTS) is 1. The summed E-state index contributed by atoms with van der Waals surface area (Å²) in [5.74, 6) is -0.892. The van der Waals surface area contributed by atoms with E-state index in [0.29, 0.717) is 5.56 Å². The van der Waals surface area contributed by atoms with Gasteiger partial charge in [-0.05, 0) is 17.7 Å². The van der Waals surface area contributed by atoms with Crippen LogP contribution in [-0.4, -0.2) is 31.3 Å². The van der Waals surface area contributed by atoms with E-state index < -0.39 is 26.9 Å². The van der Waals surface area contributed by atoms with Crippen molar-refractivity contribution < 1.29 is 22.5 Å². The van der Waals surface area contributed by atoms with Gasteiger partial charge in [0, 0.05) is 13.0 Å². The number of hydrogen-bond acceptors (Lipinski definition) is 5. The number of aliphatic carboxylic acids is 1. The predicted octanol–water partition coefficient (Wildman–Crippen LogP) is 1.74. The van der Waals surface area contributed by atoms with E-state index in [2.05, 4.69) is 5.32 Å². The molecule has 0 aliphatic carbocycles. The van der Waals surface area contributed by atoms with Crippen LogP contribution in [0.4, 0.5) is 0 Å². The summed E-state index contributed by atoms with van der Waals surface area (Å²) in [5, 5.41) is 11.6. The van der Waals surface area contributed by atoms with Crippen LogP contribution in [-0.2, 0) is 20.5 Å². The molecule has 0 bridgehead atoms. The number of carboxylic acids is 1. The Hall–Kier alpha value is -2.38. The van der Waals surface area contributed by atoms with Gasteiger partial charge in [0.05, 0.1) is 0 Å². The zero-order chi connectivity index (χ0) is 17.2. The summed E-state index contributed by atoms with van der Waals surface area (Å²) in [6, 6.07) is 16.8. The summed E-state index contributed by atoms with van der Waals surface area (Å²) in [5.41, 5.74) is -0.908. The Morgan fingerprint density at radius 1 is 1.08 bits per heavy atom. The number of carbonyl (C=O) groups is 1. The first-order valence-corrected chi connectivity index (χ1v) is 8.93. The molecule has 1 heterocycles. The van der Waals surface area contributed by atoms with Gasteiger partial charge in [-0.3, -0.25) is 5.32 Å². The first-order valence-electron chi connectivity index (χ1n) is 7.46. The fraction of sp³-hybridized carbons (Fsp3) is 0.235. The molecule has 0 aromatic heterocycles. The lowest BCUT2D eigenvalue weighted by Gasteiger charge is -2.25. The topological polar surface area (TPSA) is 92.7 Å². The van der Waals surface area contributed by atoms with Crippen molar-refractivity contribution in [2.45, 2.75) is 17.2 Å². The highest BCUT2D eigenvalue weighted by Gasteiger charge is 2.51. The second-order valence-electron chi connectivity index (χ2n) is 5.67. The van der Waals surface area contributed by atoms with Gasteiger partial charge in [-0.2, -0.15) is 8.42 Å². The van der Waals surface area contributed by atoms with Crippen molar-refractivity contribution in [1.82, 2.24) is 5.32 Å². The molecule has 6 nitrogen and oxygen atoms in total. The normalized spacial score (nSPS) is 23.8. The molecule has 1 saturated heterocycles. The van der Waals surface area contributed by atoms with E-state index in [9.17, 15) is 18.3 Å². The molecule has 0 saturated carbocycles. The standard InChI is InChI=1S/C17H17NO5S/c19-16(20)17(13-7-3-1-4-8-13)11-15(12-18-17)24(21,22)23-14-9-5-2-6-10-14/h1-10,15,18H,11-12H2,(H,19,20)/t15-,17-/m1/s1. The van der Waals surface area contributed by atoms with E-state index in [4.69, 9.17) is 4.18 Å². The van der Waals surface area contributed by atoms with E-state index in [1.807, 2.05) is 0 Å². The van der Waals surface area contributed by atoms with Gasteiger partial charge in [-0.15, -0.1) is 0 Å². The fourth-order valence-corrected chi connectivity index (χ4v) is 4.14. The molecule has 2 aromatic rings. The van der Waals surface area contributed by atoms with Crippen molar-refractivity contribution >= 4 is 16.1 Å². The molecule has 2 N–H and O–H groups in total. The molecule has 0 radical (unpaired) electrons. The van der Waals surface area contributed by atoms with E-state index in [-0.39, 0.29) is 18.7 Å². The van der Waals surface area contributed by atoms with Crippen LogP contribution in [0.5, 0.6) is 5.75 Å². The molecule has 0 unspecified atom stereocenters. The van der Waals surface area contributed by atoms with Crippen molar-refractivity contribution in [2.24, 2.45) is 0 Å². The van der Waals surface area contributed by atoms with Crippen LogP contribution < -0.4 is 9.50 Å². The number of rotatable bonds is 5. The predicted molar refractivity (Wildman–Crippen MR) is 88.2 cm³/mol. The highest BCUT2D eigenvalue weighted by Crippen LogP contribution is 2.34. The van der Waals surface area contributed by atoms with Gasteiger partial charge in [0.2, 0.25) is 0 Å². The lowest BCUT2D eigenvalue weighted by atomic mass is 9.88. The molecule has 1 aliphatic rings. The van der Waals surface area contributed by atoms with Gasteiger partial charge in [0.25, 0.3) is 0 Å². The van der Waals surface area contributed by atoms with Crippen molar-refractivity contribution in [3.05, 3.63) is 66.2 Å². The lowest BCUT2D eigenvalue weighted by Crippen LogP contribution is -2.44. The maximum absolute atomic E-state index is 12.5. The first kappa shape index (κ1) is 16.5. The van der Waals surface area contributed by atoms with Gasteiger partial charge in [0.1, 0.15) is 16.5 Å². The molecule has 3 rings (SSSR count). The minimum atomic E-state index is -3.95. The van der Waals surface area contributed by atoms with Crippen LogP contribution in [0.15, 0.2) is 60.7 Å². The van der Waals surface area contributed by atoms with Crippen LogP contribution in [0, 0.1) is 0 Å². The summed E-state index contributed by atoms with van der Waals surface area (Å²) < 4.78 is 30.1. The lowest BCUT2D eigenvalue weighted by molar-refractivity contribution is -0.144. The Bertz CT molecular complexity index is 823. The fourth-order valence-electron chi connectivity index (χ4n) is 2.89. The van der Waals surface area contributed by atoms with Gasteiger partial charge in [-0.25, -0.2) is 4.79 Å². The molecule has 1 aliphatic heterocycles. The molecular weight excluding hydrogens is 330 g/mol. The second-order valence-corrected chi connectivity index (χ2v) is 7.49. The number of benzene rings is 2. The molecule has 0 amide bonds. The Morgan fingerprint density at radius 3 is 2.25 bits per heavy atom. The minimum absolute atomic E-state index is 0.0103. The highest BCUT2D eigenvalue weighted by molar-refractivity contribution is 7.87. The Labute approximate surface area is 140 Å². The van der Waals surface area contributed by atoms with Crippen LogP contribution in [0.25, 0.3) is 0 Å². The van der Waals surface area contributed by atoms with Crippen LogP contribution in [0.2, 0.25) is 0 Å². The molecule has 24 heavy (non-hydrogen) atoms. The molecular formula is C17H17NO5S. The molecule has 7 heteroatoms. The smallest absolute Gasteiger partial charge is 0.328 e. The van der Waals surface area contributed by atoms with Crippen molar-refractivity contribution in [3.8, 4) is 5.75 Å². The van der Waals surface area contributed by atoms with Gasteiger partial charge in [0.15, 0.2) is 0 Å². The Balaban J connectivity index is 1.86. The minimum Gasteiger partial charge on any atom is -0.480 e. The van der Waals surface area contributed by atoms with Crippen LogP contribution >= 0.6 is 0 Å². The summed E-state index contributed by atoms with van der Waals surface area (Å²) in [4.78, 5) is 11.9. The summed E-state index contributed by atoms with van der Waals surface area (Å²) >= 11 is 0. The van der Waals surface area contributed by atoms with Gasteiger partial charge >= 0.3 is 16.1 Å². The molecule has 2 aromatic carbocycles. The Kier molecular flexibility index (Phi) is 4.29. The van der Waals surface area contributed by atoms with E-state index >= 15 is 0 Å². The second kappa shape index (κ2) is 6.26. The quantitative estimate of drug-likeness (QED) is 0.801. The zero-order valence-corrected chi connectivity index (χ0v) is 13.6. The summed E-state index contributed by atoms with van der Waals surface area (Å²) in [7, 11) is -3.95. The summed E-state index contributed by atoms with van der Waals surface area (Å²) in [6.07, 6.45) is -0.0957. The van der Waals surface area contributed by atoms with Crippen molar-refractivity contribution in [2.75, 3.05) is 6.54 Å². The molecule has 1 fully saturated rings. The van der Waals surface area contributed by atoms with E-state index in [0.717, 1.165) is 0 Å². The third-order valence-corrected chi connectivity index (χ3v) is 5.74. The van der Waals surface area contributed by atoms with Crippen molar-refractivity contribution in [1.29, 1.82) is 0 Å². The number of nitrogens with one attached hydrogen (secondary N) is 1. The Morgan fingerprint density at radius 2 is 1.67 bits per heavy atom. The number of para-hydroxylation sites is 1. The highest BCUT2D eigenvalue weighted by atomic mass is 32.2. The van der Waals surface area contributed by atoms with Crippen LogP contribution in [0.1, 0.15) is 12.0 Å². The average molecular weight is 347 g/mol. The zero-order valence-electron chi connectivity index (χ0n) is 12.8. The SMILES string of the molecule is O=C(O)[C@]1(c2ccccc2)C[C@@H](S(=O)(=O)Oc2ccccc2)CN1. The third-order valence-electron chi connectivity index (χ3n) is 4.16. The monoisotopic (exact) mass is 347 g/mol. The average Bonchev–Trinajstić information content (AvgIpc) is 3.04. The van der Waals surface area contributed by atoms with Gasteiger partial charge in [-0.1, -0.05) is 48.5 Å². The third kappa shape index (κ3) is 3.00. The van der Waals surface area contributed by atoms with Crippen molar-refractivity contribution in [3.63, 3.8) is 0 Å². The molecule has 0 spiro atoms. The van der Waals surface area contributed by atoms with Crippen LogP contribution in [0.3, 0.4) is 0 Å².